The first kappa shape index (κ1) is 19.7. The van der Waals surface area contributed by atoms with Crippen molar-refractivity contribution in [2.75, 3.05) is 13.2 Å². The van der Waals surface area contributed by atoms with E-state index in [9.17, 15) is 15.0 Å². The van der Waals surface area contributed by atoms with E-state index in [1.807, 2.05) is 37.3 Å². The van der Waals surface area contributed by atoms with Crippen LogP contribution in [0.1, 0.15) is 39.0 Å². The van der Waals surface area contributed by atoms with Crippen molar-refractivity contribution in [3.05, 3.63) is 42.2 Å². The maximum Gasteiger partial charge on any atom is 0.306 e. The van der Waals surface area contributed by atoms with Crippen molar-refractivity contribution in [3.8, 4) is 5.75 Å². The highest BCUT2D eigenvalue weighted by atomic mass is 16.5. The fourth-order valence-electron chi connectivity index (χ4n) is 4.80. The van der Waals surface area contributed by atoms with Gasteiger partial charge in [-0.25, -0.2) is 0 Å². The maximum absolute atomic E-state index is 11.7. The number of hydrogen-bond acceptors (Lipinski definition) is 5. The average Bonchev–Trinajstić information content (AvgIpc) is 3.15. The molecule has 0 heterocycles. The van der Waals surface area contributed by atoms with Gasteiger partial charge in [-0.15, -0.1) is 0 Å². The molecule has 0 aromatic heterocycles. The molecule has 148 valence electrons. The lowest BCUT2D eigenvalue weighted by Gasteiger charge is -2.21. The Hall–Kier alpha value is -2.01. The summed E-state index contributed by atoms with van der Waals surface area (Å²) in [5, 5.41) is 21.0. The Labute approximate surface area is 161 Å². The number of aliphatic hydroxyl groups excluding tert-OH is 2. The first-order valence-corrected chi connectivity index (χ1v) is 9.99. The minimum atomic E-state index is -0.505. The topological polar surface area (TPSA) is 76.0 Å². The summed E-state index contributed by atoms with van der Waals surface area (Å²) >= 11 is 0. The second-order valence-electron chi connectivity index (χ2n) is 7.68. The molecule has 0 bridgehead atoms. The van der Waals surface area contributed by atoms with Gasteiger partial charge in [-0.2, -0.15) is 0 Å². The van der Waals surface area contributed by atoms with E-state index in [1.165, 1.54) is 0 Å². The molecule has 0 spiro atoms. The van der Waals surface area contributed by atoms with E-state index in [0.29, 0.717) is 44.3 Å². The van der Waals surface area contributed by atoms with Gasteiger partial charge >= 0.3 is 5.97 Å². The number of carbonyl (C=O) groups is 1. The molecule has 2 N–H and O–H groups in total. The van der Waals surface area contributed by atoms with Gasteiger partial charge in [-0.05, 0) is 62.1 Å². The highest BCUT2D eigenvalue weighted by Crippen LogP contribution is 2.52. The van der Waals surface area contributed by atoms with Crippen LogP contribution in [0.4, 0.5) is 0 Å². The highest BCUT2D eigenvalue weighted by Gasteiger charge is 2.49. The van der Waals surface area contributed by atoms with Crippen LogP contribution in [0.15, 0.2) is 42.2 Å². The number of carbonyl (C=O) groups excluding carboxylic acids is 1. The van der Waals surface area contributed by atoms with Gasteiger partial charge in [0.1, 0.15) is 5.75 Å². The lowest BCUT2D eigenvalue weighted by atomic mass is 9.88. The van der Waals surface area contributed by atoms with Gasteiger partial charge in [0.05, 0.1) is 25.1 Å². The monoisotopic (exact) mass is 374 g/mol. The van der Waals surface area contributed by atoms with Crippen LogP contribution in [0.25, 0.3) is 0 Å². The summed E-state index contributed by atoms with van der Waals surface area (Å²) in [5.41, 5.74) is 0. The lowest BCUT2D eigenvalue weighted by molar-refractivity contribution is -0.144. The van der Waals surface area contributed by atoms with E-state index in [2.05, 4.69) is 0 Å². The molecule has 2 aliphatic rings. The zero-order valence-electron chi connectivity index (χ0n) is 15.9. The Morgan fingerprint density at radius 2 is 2.00 bits per heavy atom. The molecule has 5 atom stereocenters. The Balaban J connectivity index is 1.51. The van der Waals surface area contributed by atoms with E-state index < -0.39 is 6.10 Å². The fraction of sp³-hybridized carbons (Fsp3) is 0.591. The summed E-state index contributed by atoms with van der Waals surface area (Å²) in [6, 6.07) is 9.58. The van der Waals surface area contributed by atoms with E-state index in [1.54, 1.807) is 6.08 Å². The molecule has 3 rings (SSSR count). The van der Waals surface area contributed by atoms with Crippen molar-refractivity contribution >= 4 is 5.97 Å². The highest BCUT2D eigenvalue weighted by molar-refractivity contribution is 5.69. The molecule has 0 unspecified atom stereocenters. The van der Waals surface area contributed by atoms with Crippen LogP contribution >= 0.6 is 0 Å². The zero-order chi connectivity index (χ0) is 19.2. The average molecular weight is 374 g/mol. The number of esters is 1. The smallest absolute Gasteiger partial charge is 0.306 e. The Kier molecular flexibility index (Phi) is 6.78. The SMILES string of the molecule is CCOC(=O)C[C@@H]1C[C@@H]2C[C@@H](O)[C@H](C(O)=CCCOc3ccccc3)[C@@H]2C1. The molecule has 0 radical (unpaired) electrons. The summed E-state index contributed by atoms with van der Waals surface area (Å²) < 4.78 is 10.7. The summed E-state index contributed by atoms with van der Waals surface area (Å²) in [6.45, 7) is 2.71. The second kappa shape index (κ2) is 9.27. The van der Waals surface area contributed by atoms with Crippen LogP contribution < -0.4 is 4.74 Å². The van der Waals surface area contributed by atoms with Crippen molar-refractivity contribution in [2.24, 2.45) is 23.7 Å². The van der Waals surface area contributed by atoms with Crippen LogP contribution in [0.5, 0.6) is 5.75 Å². The van der Waals surface area contributed by atoms with Crippen molar-refractivity contribution in [3.63, 3.8) is 0 Å². The molecule has 1 aromatic rings. The van der Waals surface area contributed by atoms with E-state index in [-0.39, 0.29) is 23.6 Å². The van der Waals surface area contributed by atoms with Crippen molar-refractivity contribution in [2.45, 2.75) is 45.1 Å². The second-order valence-corrected chi connectivity index (χ2v) is 7.68. The summed E-state index contributed by atoms with van der Waals surface area (Å²) in [5.74, 6) is 1.62. The molecule has 0 amide bonds. The molecular formula is C22H30O5. The van der Waals surface area contributed by atoms with Gasteiger partial charge in [0.2, 0.25) is 0 Å². The van der Waals surface area contributed by atoms with Crippen molar-refractivity contribution < 1.29 is 24.5 Å². The first-order chi connectivity index (χ1) is 13.1. The standard InChI is InChI=1S/C22H30O5/c1-2-26-21(25)13-15-11-16-14-20(24)22(18(16)12-15)19(23)9-6-10-27-17-7-4-3-5-8-17/h3-5,7-9,15-16,18,20,22-24H,2,6,10-14H2,1H3/t15-,16-,18-,20-,22+/m1/s1. The number of aliphatic hydroxyl groups is 2. The van der Waals surface area contributed by atoms with E-state index in [4.69, 9.17) is 9.47 Å². The van der Waals surface area contributed by atoms with Crippen LogP contribution in [0.3, 0.4) is 0 Å². The number of rotatable bonds is 8. The molecule has 5 nitrogen and oxygen atoms in total. The predicted octanol–water partition coefficient (Wildman–Crippen LogP) is 3.87. The Morgan fingerprint density at radius 1 is 1.22 bits per heavy atom. The number of fused-ring (bicyclic) bond motifs is 1. The van der Waals surface area contributed by atoms with E-state index >= 15 is 0 Å². The minimum absolute atomic E-state index is 0.141. The minimum Gasteiger partial charge on any atom is -0.512 e. The third-order valence-corrected chi connectivity index (χ3v) is 5.85. The number of para-hydroxylation sites is 1. The van der Waals surface area contributed by atoms with Gasteiger partial charge in [-0.3, -0.25) is 4.79 Å². The quantitative estimate of drug-likeness (QED) is 0.410. The molecule has 2 fully saturated rings. The Morgan fingerprint density at radius 3 is 2.74 bits per heavy atom. The number of hydrogen-bond donors (Lipinski definition) is 2. The molecule has 0 aliphatic heterocycles. The van der Waals surface area contributed by atoms with Gasteiger partial charge in [0.15, 0.2) is 0 Å². The van der Waals surface area contributed by atoms with Crippen LogP contribution in [0, 0.1) is 23.7 Å². The van der Waals surface area contributed by atoms with Crippen LogP contribution in [-0.2, 0) is 9.53 Å². The van der Waals surface area contributed by atoms with Gasteiger partial charge < -0.3 is 19.7 Å². The first-order valence-electron chi connectivity index (χ1n) is 9.99. The lowest BCUT2D eigenvalue weighted by Crippen LogP contribution is -2.22. The third-order valence-electron chi connectivity index (χ3n) is 5.85. The maximum atomic E-state index is 11.7. The van der Waals surface area contributed by atoms with Gasteiger partial charge in [-0.1, -0.05) is 18.2 Å². The fourth-order valence-corrected chi connectivity index (χ4v) is 4.80. The summed E-state index contributed by atoms with van der Waals surface area (Å²) in [6.07, 6.45) is 4.80. The predicted molar refractivity (Wildman–Crippen MR) is 102 cm³/mol. The molecule has 1 aromatic carbocycles. The van der Waals surface area contributed by atoms with E-state index in [0.717, 1.165) is 18.6 Å². The van der Waals surface area contributed by atoms with Crippen LogP contribution in [-0.4, -0.2) is 35.5 Å². The molecule has 2 aliphatic carbocycles. The summed E-state index contributed by atoms with van der Waals surface area (Å²) in [4.78, 5) is 11.7. The molecule has 27 heavy (non-hydrogen) atoms. The Bertz CT molecular complexity index is 641. The normalized spacial score (nSPS) is 30.1. The number of ether oxygens (including phenoxy) is 2. The van der Waals surface area contributed by atoms with Crippen molar-refractivity contribution in [1.82, 2.24) is 0 Å². The molecule has 2 saturated carbocycles. The zero-order valence-corrected chi connectivity index (χ0v) is 15.9. The molecule has 5 heteroatoms. The number of benzene rings is 1. The largest absolute Gasteiger partial charge is 0.512 e. The third kappa shape index (κ3) is 5.04. The van der Waals surface area contributed by atoms with Gasteiger partial charge in [0.25, 0.3) is 0 Å². The molecular weight excluding hydrogens is 344 g/mol. The van der Waals surface area contributed by atoms with Crippen molar-refractivity contribution in [1.29, 1.82) is 0 Å². The van der Waals surface area contributed by atoms with Crippen LogP contribution in [0.2, 0.25) is 0 Å². The summed E-state index contributed by atoms with van der Waals surface area (Å²) in [7, 11) is 0. The van der Waals surface area contributed by atoms with Gasteiger partial charge in [0, 0.05) is 18.8 Å². The molecule has 0 saturated heterocycles.